The van der Waals surface area contributed by atoms with E-state index in [1.165, 1.54) is 60.3 Å². The highest BCUT2D eigenvalue weighted by Crippen LogP contribution is 2.47. The fourth-order valence-corrected chi connectivity index (χ4v) is 14.1. The molecular weight excluding hydrogens is 1270 g/mol. The van der Waals surface area contributed by atoms with Crippen LogP contribution in [0.2, 0.25) is 0 Å². The van der Waals surface area contributed by atoms with E-state index in [1.54, 1.807) is 100 Å². The number of carbonyl (C=O) groups is 2. The van der Waals surface area contributed by atoms with Crippen LogP contribution in [-0.4, -0.2) is 74.7 Å². The van der Waals surface area contributed by atoms with Crippen molar-refractivity contribution < 1.29 is 80.4 Å². The molecule has 0 aliphatic rings. The van der Waals surface area contributed by atoms with Gasteiger partial charge in [-0.15, -0.1) is 0 Å². The number of ether oxygens (including phenoxy) is 4. The number of hydrogen-bond donors (Lipinski definition) is 4. The third-order valence-corrected chi connectivity index (χ3v) is 21.3. The first-order chi connectivity index (χ1) is 42.4. The molecule has 8 rings (SSSR count). The lowest BCUT2D eigenvalue weighted by Crippen LogP contribution is -2.51. The lowest BCUT2D eigenvalue weighted by molar-refractivity contribution is 0.00173. The molecule has 0 spiro atoms. The van der Waals surface area contributed by atoms with Crippen molar-refractivity contribution in [1.29, 1.82) is 0 Å². The first-order valence-corrected chi connectivity index (χ1v) is 35.4. The Hall–Kier alpha value is -7.71. The van der Waals surface area contributed by atoms with Gasteiger partial charge in [-0.2, -0.15) is 33.7 Å². The molecule has 2 unspecified atom stereocenters. The molecule has 0 radical (unpaired) electrons. The first-order valence-electron chi connectivity index (χ1n) is 28.8. The van der Waals surface area contributed by atoms with Gasteiger partial charge in [-0.3, -0.25) is 27.8 Å². The number of ketones is 2. The van der Waals surface area contributed by atoms with E-state index in [2.05, 4.69) is 6.92 Å². The van der Waals surface area contributed by atoms with Crippen LogP contribution >= 0.6 is 11.8 Å². The molecule has 0 saturated heterocycles. The van der Waals surface area contributed by atoms with Crippen LogP contribution in [0.1, 0.15) is 138 Å². The van der Waals surface area contributed by atoms with Crippen LogP contribution in [0.5, 0.6) is 34.5 Å². The van der Waals surface area contributed by atoms with Gasteiger partial charge < -0.3 is 18.9 Å². The third kappa shape index (κ3) is 15.8. The van der Waals surface area contributed by atoms with Crippen molar-refractivity contribution in [3.05, 3.63) is 203 Å². The zero-order valence-electron chi connectivity index (χ0n) is 51.5. The average molecular weight is 1340 g/mol. The average Bonchev–Trinajstić information content (AvgIpc) is 0.772. The molecule has 23 heteroatoms. The number of carbonyl (C=O) groups excluding carboxylic acids is 2. The smallest absolute Gasteiger partial charge is 0.298 e. The van der Waals surface area contributed by atoms with Crippen molar-refractivity contribution in [2.75, 3.05) is 0 Å². The summed E-state index contributed by atoms with van der Waals surface area (Å²) in [4.78, 5) is 27.1. The normalized spacial score (nSPS) is 13.8. The summed E-state index contributed by atoms with van der Waals surface area (Å²) in [5.41, 5.74) is -2.39. The van der Waals surface area contributed by atoms with Gasteiger partial charge in [-0.05, 0) is 195 Å². The van der Waals surface area contributed by atoms with Gasteiger partial charge in [0.1, 0.15) is 55.5 Å². The molecule has 4 N–H and O–H groups in total. The largest absolute Gasteiger partial charge is 0.488 e. The van der Waals surface area contributed by atoms with Crippen LogP contribution in [-0.2, 0) is 51.3 Å². The predicted molar refractivity (Wildman–Crippen MR) is 346 cm³/mol. The topological polar surface area (TPSA) is 289 Å². The summed E-state index contributed by atoms with van der Waals surface area (Å²) in [6, 6.07) is 42.2. The minimum Gasteiger partial charge on any atom is -0.488 e. The molecule has 8 aromatic carbocycles. The Balaban J connectivity index is 0.971. The third-order valence-electron chi connectivity index (χ3n) is 16.7. The summed E-state index contributed by atoms with van der Waals surface area (Å²) in [6.07, 6.45) is 1.92. The summed E-state index contributed by atoms with van der Waals surface area (Å²) in [5, 5.41) is 0. The fraction of sp³-hybridized carbons (Fsp3) is 0.265. The van der Waals surface area contributed by atoms with Crippen molar-refractivity contribution in [3.63, 3.8) is 0 Å². The van der Waals surface area contributed by atoms with E-state index >= 15 is 0 Å². The summed E-state index contributed by atoms with van der Waals surface area (Å²) >= 11 is 1.48. The zero-order chi connectivity index (χ0) is 66.9. The minimum absolute atomic E-state index is 0.130. The Morgan fingerprint density at radius 2 is 0.725 bits per heavy atom. The number of hydrogen-bond acceptors (Lipinski definition) is 15. The highest BCUT2D eigenvalue weighted by molar-refractivity contribution is 7.99. The van der Waals surface area contributed by atoms with Crippen molar-refractivity contribution in [2.45, 2.75) is 146 Å². The molecule has 91 heavy (non-hydrogen) atoms. The monoisotopic (exact) mass is 1330 g/mol. The number of rotatable bonds is 26. The van der Waals surface area contributed by atoms with Gasteiger partial charge in [0.05, 0.1) is 9.79 Å². The van der Waals surface area contributed by atoms with E-state index in [0.717, 1.165) is 46.2 Å². The van der Waals surface area contributed by atoms with Gasteiger partial charge in [0, 0.05) is 37.5 Å². The quantitative estimate of drug-likeness (QED) is 0.0289. The second kappa shape index (κ2) is 26.5. The standard InChI is InChI=1S/C68H70O18S5/c1-11-65(5,6)55-35-19-45(39-59(55)88(71,72)73)63(69)47-21-37-57(61(41-47)90(77,78)79)83-49-23-15-43(16-24-49)44-17-25-52(26-18-44)86-68(10,14-4)67(9,13-3)56-36-20-46(40-60(56)89(74,75)76)64(70)48-22-38-58(62(42-48)91(80,81)82)84-50-27-31-53(32-28-50)87-54-33-29-51(30-34-54)85-66(7,8)12-2/h15-42H,11-14H2,1-10H3,(H,71,72,73)(H,74,75,76)(H,77,78,79)(H,80,81,82). The molecule has 0 aliphatic carbocycles. The van der Waals surface area contributed by atoms with Gasteiger partial charge in [0.2, 0.25) is 0 Å². The Morgan fingerprint density at radius 3 is 1.10 bits per heavy atom. The highest BCUT2D eigenvalue weighted by atomic mass is 32.2. The maximum absolute atomic E-state index is 14.2. The summed E-state index contributed by atoms with van der Waals surface area (Å²) in [6.45, 7) is 18.7. The molecule has 2 atom stereocenters. The molecule has 18 nitrogen and oxygen atoms in total. The molecule has 0 amide bonds. The second-order valence-corrected chi connectivity index (χ2v) is 30.1. The SMILES string of the molecule is CCC(C)(C)Oc1ccc(Sc2ccc(Oc3ccc(C(=O)c4ccc(C(C)(CC)C(C)(CC)Oc5ccc(-c6ccc(Oc7ccc(C(=O)c8ccc(C(C)(C)CC)c(S(=O)(=O)O)c8)cc7S(=O)(=O)O)cc6)cc5)c(S(=O)(=O)O)c4)cc3S(=O)(=O)O)cc2)cc1. The van der Waals surface area contributed by atoms with Crippen molar-refractivity contribution >= 4 is 63.8 Å². The lowest BCUT2D eigenvalue weighted by atomic mass is 9.66. The maximum atomic E-state index is 14.2. The summed E-state index contributed by atoms with van der Waals surface area (Å²) < 4.78 is 169. The summed E-state index contributed by atoms with van der Waals surface area (Å²) in [7, 11) is -19.8. The number of benzene rings is 8. The molecule has 8 aromatic rings. The molecule has 0 heterocycles. The van der Waals surface area contributed by atoms with E-state index in [1.807, 2.05) is 58.9 Å². The fourth-order valence-electron chi connectivity index (χ4n) is 10.2. The zero-order valence-corrected chi connectivity index (χ0v) is 55.6. The van der Waals surface area contributed by atoms with Crippen molar-refractivity contribution in [3.8, 4) is 45.6 Å². The molecule has 480 valence electrons. The first kappa shape index (κ1) is 69.2. The second-order valence-electron chi connectivity index (χ2n) is 23.4. The van der Waals surface area contributed by atoms with Crippen LogP contribution in [0.3, 0.4) is 0 Å². The maximum Gasteiger partial charge on any atom is 0.298 e. The van der Waals surface area contributed by atoms with Crippen molar-refractivity contribution in [1.82, 2.24) is 0 Å². The molecule has 0 aromatic heterocycles. The van der Waals surface area contributed by atoms with Crippen LogP contribution in [0.4, 0.5) is 0 Å². The van der Waals surface area contributed by atoms with Gasteiger partial charge in [-0.25, -0.2) is 0 Å². The Kier molecular flexibility index (Phi) is 20.1. The van der Waals surface area contributed by atoms with Gasteiger partial charge in [-0.1, -0.05) is 109 Å². The predicted octanol–water partition coefficient (Wildman–Crippen LogP) is 15.7. The van der Waals surface area contributed by atoms with Crippen LogP contribution in [0.15, 0.2) is 199 Å². The van der Waals surface area contributed by atoms with E-state index in [-0.39, 0.29) is 68.4 Å². The molecule has 0 fully saturated rings. The molecule has 0 bridgehead atoms. The minimum atomic E-state index is -5.05. The van der Waals surface area contributed by atoms with Gasteiger partial charge in [0.25, 0.3) is 40.5 Å². The van der Waals surface area contributed by atoms with E-state index < -0.39 is 88.1 Å². The Labute approximate surface area is 536 Å². The highest BCUT2D eigenvalue weighted by Gasteiger charge is 2.48. The molecular formula is C68H70O18S5. The van der Waals surface area contributed by atoms with Crippen LogP contribution in [0.25, 0.3) is 11.1 Å². The summed E-state index contributed by atoms with van der Waals surface area (Å²) in [5.74, 6) is -0.715. The Morgan fingerprint density at radius 1 is 0.385 bits per heavy atom. The van der Waals surface area contributed by atoms with E-state index in [9.17, 15) is 61.5 Å². The van der Waals surface area contributed by atoms with Gasteiger partial charge >= 0.3 is 0 Å². The Bertz CT molecular complexity index is 4530. The van der Waals surface area contributed by atoms with Crippen molar-refractivity contribution in [2.24, 2.45) is 0 Å². The molecule has 0 saturated carbocycles. The van der Waals surface area contributed by atoms with E-state index in [0.29, 0.717) is 29.7 Å². The van der Waals surface area contributed by atoms with Gasteiger partial charge in [0.15, 0.2) is 11.6 Å². The molecule has 0 aliphatic heterocycles. The lowest BCUT2D eigenvalue weighted by Gasteiger charge is -2.46. The van der Waals surface area contributed by atoms with E-state index in [4.69, 9.17) is 18.9 Å². The van der Waals surface area contributed by atoms with Crippen LogP contribution < -0.4 is 18.9 Å². The van der Waals surface area contributed by atoms with Crippen LogP contribution in [0, 0.1) is 0 Å².